The Kier molecular flexibility index (Phi) is 10.1. The SMILES string of the molecule is CCCCCC(CC)OP(=O)(O)OCCCC. The molecule has 0 heterocycles. The fourth-order valence-corrected chi connectivity index (χ4v) is 2.55. The van der Waals surface area contributed by atoms with Gasteiger partial charge in [-0.25, -0.2) is 4.57 Å². The van der Waals surface area contributed by atoms with Crippen LogP contribution in [0.5, 0.6) is 0 Å². The monoisotopic (exact) mass is 266 g/mol. The number of hydrogen-bond donors (Lipinski definition) is 1. The van der Waals surface area contributed by atoms with Crippen LogP contribution in [0.4, 0.5) is 0 Å². The van der Waals surface area contributed by atoms with E-state index < -0.39 is 7.82 Å². The first-order chi connectivity index (χ1) is 8.05. The van der Waals surface area contributed by atoms with Crippen LogP contribution in [0.3, 0.4) is 0 Å². The molecule has 104 valence electrons. The maximum atomic E-state index is 11.6. The van der Waals surface area contributed by atoms with Gasteiger partial charge in [-0.15, -0.1) is 0 Å². The minimum atomic E-state index is -3.84. The highest BCUT2D eigenvalue weighted by molar-refractivity contribution is 7.47. The highest BCUT2D eigenvalue weighted by Gasteiger charge is 2.25. The molecule has 1 N–H and O–H groups in total. The van der Waals surface area contributed by atoms with E-state index >= 15 is 0 Å². The Bertz CT molecular complexity index is 221. The van der Waals surface area contributed by atoms with Crippen LogP contribution < -0.4 is 0 Å². The van der Waals surface area contributed by atoms with E-state index in [9.17, 15) is 9.46 Å². The molecule has 0 aliphatic carbocycles. The van der Waals surface area contributed by atoms with Gasteiger partial charge in [-0.05, 0) is 19.3 Å². The highest BCUT2D eigenvalue weighted by Crippen LogP contribution is 2.45. The lowest BCUT2D eigenvalue weighted by Crippen LogP contribution is -2.11. The molecule has 0 saturated carbocycles. The molecule has 2 unspecified atom stereocenters. The Hall–Kier alpha value is 0.110. The van der Waals surface area contributed by atoms with Crippen molar-refractivity contribution in [3.63, 3.8) is 0 Å². The predicted octanol–water partition coefficient (Wildman–Crippen LogP) is 4.28. The van der Waals surface area contributed by atoms with Crippen LogP contribution in [0.2, 0.25) is 0 Å². The van der Waals surface area contributed by atoms with E-state index in [1.807, 2.05) is 13.8 Å². The van der Waals surface area contributed by atoms with Crippen LogP contribution in [0.25, 0.3) is 0 Å². The molecule has 0 aliphatic heterocycles. The summed E-state index contributed by atoms with van der Waals surface area (Å²) in [5.41, 5.74) is 0. The molecule has 17 heavy (non-hydrogen) atoms. The van der Waals surface area contributed by atoms with Crippen molar-refractivity contribution in [3.8, 4) is 0 Å². The highest BCUT2D eigenvalue weighted by atomic mass is 31.2. The van der Waals surface area contributed by atoms with Crippen molar-refractivity contribution in [1.29, 1.82) is 0 Å². The summed E-state index contributed by atoms with van der Waals surface area (Å²) in [5, 5.41) is 0. The van der Waals surface area contributed by atoms with Gasteiger partial charge >= 0.3 is 7.82 Å². The third-order valence-electron chi connectivity index (χ3n) is 2.62. The van der Waals surface area contributed by atoms with Crippen molar-refractivity contribution in [2.24, 2.45) is 0 Å². The Morgan fingerprint density at radius 3 is 2.29 bits per heavy atom. The van der Waals surface area contributed by atoms with Crippen LogP contribution in [-0.2, 0) is 13.6 Å². The molecular weight excluding hydrogens is 239 g/mol. The van der Waals surface area contributed by atoms with Crippen molar-refractivity contribution in [2.45, 2.75) is 71.8 Å². The molecule has 4 nitrogen and oxygen atoms in total. The molecule has 0 radical (unpaired) electrons. The molecule has 0 amide bonds. The largest absolute Gasteiger partial charge is 0.472 e. The van der Waals surface area contributed by atoms with E-state index in [0.717, 1.165) is 44.9 Å². The van der Waals surface area contributed by atoms with Gasteiger partial charge in [-0.2, -0.15) is 0 Å². The maximum absolute atomic E-state index is 11.6. The summed E-state index contributed by atoms with van der Waals surface area (Å²) in [6.45, 7) is 6.39. The number of unbranched alkanes of at least 4 members (excludes halogenated alkanes) is 3. The fourth-order valence-electron chi connectivity index (χ4n) is 1.50. The molecule has 5 heteroatoms. The smallest absolute Gasteiger partial charge is 0.302 e. The summed E-state index contributed by atoms with van der Waals surface area (Å²) < 4.78 is 21.7. The van der Waals surface area contributed by atoms with E-state index in [-0.39, 0.29) is 12.7 Å². The number of rotatable bonds is 11. The summed E-state index contributed by atoms with van der Waals surface area (Å²) in [6.07, 6.45) is 6.42. The molecule has 0 bridgehead atoms. The van der Waals surface area contributed by atoms with Crippen LogP contribution in [0.1, 0.15) is 65.7 Å². The molecule has 0 rings (SSSR count). The number of phosphoric ester groups is 1. The van der Waals surface area contributed by atoms with E-state index in [4.69, 9.17) is 9.05 Å². The van der Waals surface area contributed by atoms with Crippen molar-refractivity contribution in [1.82, 2.24) is 0 Å². The van der Waals surface area contributed by atoms with E-state index in [0.29, 0.717) is 0 Å². The van der Waals surface area contributed by atoms with E-state index in [1.54, 1.807) is 0 Å². The van der Waals surface area contributed by atoms with Gasteiger partial charge in [-0.3, -0.25) is 9.05 Å². The van der Waals surface area contributed by atoms with Crippen molar-refractivity contribution in [2.75, 3.05) is 6.61 Å². The number of phosphoric acid groups is 1. The van der Waals surface area contributed by atoms with Gasteiger partial charge < -0.3 is 4.89 Å². The van der Waals surface area contributed by atoms with Gasteiger partial charge in [-0.1, -0.05) is 46.5 Å². The third-order valence-corrected chi connectivity index (χ3v) is 3.69. The van der Waals surface area contributed by atoms with Crippen molar-refractivity contribution in [3.05, 3.63) is 0 Å². The lowest BCUT2D eigenvalue weighted by molar-refractivity contribution is 0.0947. The van der Waals surface area contributed by atoms with E-state index in [2.05, 4.69) is 6.92 Å². The quantitative estimate of drug-likeness (QED) is 0.448. The standard InChI is InChI=1S/C12H27O4P/c1-4-7-9-10-12(6-3)16-17(13,14)15-11-8-5-2/h12H,4-11H2,1-3H3,(H,13,14). The molecular formula is C12H27O4P. The first-order valence-corrected chi connectivity index (χ1v) is 8.21. The molecule has 0 aromatic heterocycles. The van der Waals surface area contributed by atoms with E-state index in [1.165, 1.54) is 0 Å². The molecule has 2 atom stereocenters. The molecule has 0 aliphatic rings. The third kappa shape index (κ3) is 9.78. The van der Waals surface area contributed by atoms with Crippen LogP contribution in [-0.4, -0.2) is 17.6 Å². The normalized spacial score (nSPS) is 16.7. The average molecular weight is 266 g/mol. The summed E-state index contributed by atoms with van der Waals surface area (Å²) in [4.78, 5) is 9.51. The van der Waals surface area contributed by atoms with Gasteiger partial charge in [0.1, 0.15) is 0 Å². The summed E-state index contributed by atoms with van der Waals surface area (Å²) in [5.74, 6) is 0. The fraction of sp³-hybridized carbons (Fsp3) is 1.00. The van der Waals surface area contributed by atoms with Crippen molar-refractivity contribution >= 4 is 7.82 Å². The van der Waals surface area contributed by atoms with Gasteiger partial charge in [0.2, 0.25) is 0 Å². The first-order valence-electron chi connectivity index (χ1n) is 6.71. The topological polar surface area (TPSA) is 55.8 Å². The predicted molar refractivity (Wildman–Crippen MR) is 70.0 cm³/mol. The Morgan fingerprint density at radius 2 is 1.76 bits per heavy atom. The van der Waals surface area contributed by atoms with Gasteiger partial charge in [0.15, 0.2) is 0 Å². The zero-order valence-corrected chi connectivity index (χ0v) is 12.2. The second-order valence-electron chi connectivity index (χ2n) is 4.29. The van der Waals surface area contributed by atoms with Gasteiger partial charge in [0, 0.05) is 0 Å². The second-order valence-corrected chi connectivity index (χ2v) is 5.69. The summed E-state index contributed by atoms with van der Waals surface area (Å²) in [6, 6.07) is 0. The second kappa shape index (κ2) is 10.1. The summed E-state index contributed by atoms with van der Waals surface area (Å²) >= 11 is 0. The van der Waals surface area contributed by atoms with Crippen LogP contribution in [0.15, 0.2) is 0 Å². The first kappa shape index (κ1) is 17.1. The molecule has 0 aromatic carbocycles. The molecule has 0 fully saturated rings. The maximum Gasteiger partial charge on any atom is 0.472 e. The minimum absolute atomic E-state index is 0.168. The Morgan fingerprint density at radius 1 is 1.12 bits per heavy atom. The molecule has 0 aromatic rings. The minimum Gasteiger partial charge on any atom is -0.302 e. The Labute approximate surface area is 105 Å². The van der Waals surface area contributed by atoms with Gasteiger partial charge in [0.05, 0.1) is 12.7 Å². The van der Waals surface area contributed by atoms with Gasteiger partial charge in [0.25, 0.3) is 0 Å². The lowest BCUT2D eigenvalue weighted by atomic mass is 10.1. The summed E-state index contributed by atoms with van der Waals surface area (Å²) in [7, 11) is -3.84. The zero-order valence-electron chi connectivity index (χ0n) is 11.4. The zero-order chi connectivity index (χ0) is 13.1. The lowest BCUT2D eigenvalue weighted by Gasteiger charge is -2.19. The molecule has 0 spiro atoms. The number of hydrogen-bond acceptors (Lipinski definition) is 3. The van der Waals surface area contributed by atoms with Crippen LogP contribution in [0, 0.1) is 0 Å². The van der Waals surface area contributed by atoms with Crippen LogP contribution >= 0.6 is 7.82 Å². The molecule has 0 saturated heterocycles. The average Bonchev–Trinajstić information content (AvgIpc) is 2.28. The Balaban J connectivity index is 3.93. The van der Waals surface area contributed by atoms with Crippen molar-refractivity contribution < 1.29 is 18.5 Å².